The van der Waals surface area contributed by atoms with Crippen molar-refractivity contribution >= 4 is 49.9 Å². The zero-order chi connectivity index (χ0) is 23.8. The molecule has 1 amide bonds. The van der Waals surface area contributed by atoms with Crippen molar-refractivity contribution in [1.82, 2.24) is 5.43 Å². The van der Waals surface area contributed by atoms with Crippen LogP contribution < -0.4 is 15.0 Å². The highest BCUT2D eigenvalue weighted by molar-refractivity contribution is 8.15. The number of hydrazone groups is 1. The van der Waals surface area contributed by atoms with Crippen molar-refractivity contribution in [2.24, 2.45) is 10.1 Å². The number of thioether (sulfide) groups is 1. The van der Waals surface area contributed by atoms with Crippen LogP contribution in [-0.2, 0) is 16.4 Å². The highest BCUT2D eigenvalue weighted by Crippen LogP contribution is 2.36. The number of rotatable bonds is 5. The Morgan fingerprint density at radius 2 is 1.97 bits per heavy atom. The quantitative estimate of drug-likeness (QED) is 0.495. The molecule has 174 valence electrons. The van der Waals surface area contributed by atoms with E-state index in [4.69, 9.17) is 4.99 Å². The van der Waals surface area contributed by atoms with Crippen molar-refractivity contribution in [2.75, 3.05) is 29.0 Å². The van der Waals surface area contributed by atoms with Gasteiger partial charge in [-0.25, -0.2) is 13.8 Å². The number of hydrogen-bond acceptors (Lipinski definition) is 6. The predicted octanol–water partition coefficient (Wildman–Crippen LogP) is 3.83. The van der Waals surface area contributed by atoms with Crippen molar-refractivity contribution in [2.45, 2.75) is 31.9 Å². The standard InChI is InChI=1S/C23H27N5O3S2/c1-5-24-21(15-6-9-18(10-7-15)27-33(4,30)31)28-13-12-16-14-17(8-11-19(16)28)20-23(2,3)32-22(29)26-25-20/h6-11,14,27H,5,12-13H2,1-4H3,(H,26,29). The number of anilines is 2. The smallest absolute Gasteiger partial charge is 0.300 e. The van der Waals surface area contributed by atoms with Crippen LogP contribution in [0.3, 0.4) is 0 Å². The molecule has 0 bridgehead atoms. The molecule has 0 aromatic heterocycles. The molecule has 2 aromatic carbocycles. The third-order valence-electron chi connectivity index (χ3n) is 5.44. The fourth-order valence-electron chi connectivity index (χ4n) is 4.10. The molecular weight excluding hydrogens is 458 g/mol. The van der Waals surface area contributed by atoms with Gasteiger partial charge in [0.25, 0.3) is 5.24 Å². The molecule has 10 heteroatoms. The Hall–Kier alpha value is -2.85. The van der Waals surface area contributed by atoms with Crippen LogP contribution >= 0.6 is 11.8 Å². The summed E-state index contributed by atoms with van der Waals surface area (Å²) in [6, 6.07) is 13.5. The molecule has 0 aliphatic carbocycles. The molecule has 33 heavy (non-hydrogen) atoms. The first-order chi connectivity index (χ1) is 15.6. The summed E-state index contributed by atoms with van der Waals surface area (Å²) in [6.07, 6.45) is 2.00. The summed E-state index contributed by atoms with van der Waals surface area (Å²) in [6.45, 7) is 7.42. The molecule has 0 atom stereocenters. The molecule has 0 saturated heterocycles. The van der Waals surface area contributed by atoms with Crippen LogP contribution in [0, 0.1) is 0 Å². The van der Waals surface area contributed by atoms with Gasteiger partial charge < -0.3 is 4.90 Å². The maximum atomic E-state index is 11.7. The minimum atomic E-state index is -3.33. The summed E-state index contributed by atoms with van der Waals surface area (Å²) in [5.74, 6) is 0.855. The summed E-state index contributed by atoms with van der Waals surface area (Å²) >= 11 is 1.24. The maximum Gasteiger partial charge on any atom is 0.300 e. The molecule has 8 nitrogen and oxygen atoms in total. The maximum absolute atomic E-state index is 11.7. The lowest BCUT2D eigenvalue weighted by molar-refractivity contribution is 0.260. The van der Waals surface area contributed by atoms with E-state index in [0.29, 0.717) is 12.2 Å². The number of amidine groups is 1. The third kappa shape index (κ3) is 5.06. The zero-order valence-electron chi connectivity index (χ0n) is 19.0. The van der Waals surface area contributed by atoms with Gasteiger partial charge in [-0.15, -0.1) is 0 Å². The summed E-state index contributed by atoms with van der Waals surface area (Å²) in [7, 11) is -3.33. The number of benzene rings is 2. The fraction of sp³-hybridized carbons (Fsp3) is 0.348. The highest BCUT2D eigenvalue weighted by Gasteiger charge is 2.35. The van der Waals surface area contributed by atoms with Crippen LogP contribution in [0.1, 0.15) is 37.5 Å². The van der Waals surface area contributed by atoms with E-state index in [0.717, 1.165) is 47.6 Å². The number of carbonyl (C=O) groups is 1. The van der Waals surface area contributed by atoms with Crippen LogP contribution in [0.25, 0.3) is 0 Å². The van der Waals surface area contributed by atoms with E-state index >= 15 is 0 Å². The minimum absolute atomic E-state index is 0.144. The number of aliphatic imine (C=N–C) groups is 1. The summed E-state index contributed by atoms with van der Waals surface area (Å²) in [4.78, 5) is 18.7. The largest absolute Gasteiger partial charge is 0.326 e. The summed E-state index contributed by atoms with van der Waals surface area (Å²) in [5.41, 5.74) is 8.16. The van der Waals surface area contributed by atoms with E-state index in [-0.39, 0.29) is 5.24 Å². The average Bonchev–Trinajstić information content (AvgIpc) is 3.14. The molecule has 2 aromatic rings. The second-order valence-electron chi connectivity index (χ2n) is 8.47. The Labute approximate surface area is 198 Å². The van der Waals surface area contributed by atoms with E-state index in [1.807, 2.05) is 39.0 Å². The molecule has 4 rings (SSSR count). The van der Waals surface area contributed by atoms with E-state index < -0.39 is 14.8 Å². The second kappa shape index (κ2) is 8.83. The van der Waals surface area contributed by atoms with Gasteiger partial charge in [-0.05, 0) is 74.7 Å². The minimum Gasteiger partial charge on any atom is -0.326 e. The first-order valence-corrected chi connectivity index (χ1v) is 13.4. The van der Waals surface area contributed by atoms with Gasteiger partial charge in [-0.3, -0.25) is 14.5 Å². The van der Waals surface area contributed by atoms with E-state index in [9.17, 15) is 13.2 Å². The number of amides is 1. The summed E-state index contributed by atoms with van der Waals surface area (Å²) in [5, 5.41) is 4.19. The van der Waals surface area contributed by atoms with E-state index in [1.54, 1.807) is 12.1 Å². The van der Waals surface area contributed by atoms with Gasteiger partial charge in [-0.2, -0.15) is 5.10 Å². The monoisotopic (exact) mass is 485 g/mol. The normalized spacial score (nSPS) is 17.9. The molecule has 2 aliphatic rings. The molecule has 2 aliphatic heterocycles. The number of sulfonamides is 1. The van der Waals surface area contributed by atoms with Gasteiger partial charge in [0.05, 0.1) is 16.7 Å². The van der Waals surface area contributed by atoms with Gasteiger partial charge >= 0.3 is 0 Å². The van der Waals surface area contributed by atoms with Crippen molar-refractivity contribution in [3.05, 3.63) is 59.2 Å². The molecule has 0 fully saturated rings. The lowest BCUT2D eigenvalue weighted by Gasteiger charge is -2.29. The van der Waals surface area contributed by atoms with E-state index in [2.05, 4.69) is 32.3 Å². The first kappa shape index (κ1) is 23.3. The van der Waals surface area contributed by atoms with Crippen LogP contribution in [-0.4, -0.2) is 49.3 Å². The first-order valence-electron chi connectivity index (χ1n) is 10.7. The van der Waals surface area contributed by atoms with Crippen molar-refractivity contribution in [3.8, 4) is 0 Å². The number of fused-ring (bicyclic) bond motifs is 1. The van der Waals surface area contributed by atoms with Crippen LogP contribution in [0.2, 0.25) is 0 Å². The van der Waals surface area contributed by atoms with Crippen LogP contribution in [0.15, 0.2) is 52.6 Å². The molecule has 2 heterocycles. The van der Waals surface area contributed by atoms with Gasteiger partial charge in [-0.1, -0.05) is 17.8 Å². The Morgan fingerprint density at radius 1 is 1.24 bits per heavy atom. The second-order valence-corrected chi connectivity index (χ2v) is 11.8. The van der Waals surface area contributed by atoms with Crippen molar-refractivity contribution in [1.29, 1.82) is 0 Å². The summed E-state index contributed by atoms with van der Waals surface area (Å²) < 4.78 is 25.1. The van der Waals surface area contributed by atoms with Gasteiger partial charge in [0.1, 0.15) is 5.84 Å². The van der Waals surface area contributed by atoms with E-state index in [1.165, 1.54) is 17.3 Å². The number of carbonyl (C=O) groups excluding carboxylic acids is 1. The predicted molar refractivity (Wildman–Crippen MR) is 136 cm³/mol. The topological polar surface area (TPSA) is 103 Å². The lowest BCUT2D eigenvalue weighted by Crippen LogP contribution is -2.38. The third-order valence-corrected chi connectivity index (χ3v) is 7.02. The van der Waals surface area contributed by atoms with Gasteiger partial charge in [0, 0.05) is 30.0 Å². The van der Waals surface area contributed by atoms with Crippen LogP contribution in [0.5, 0.6) is 0 Å². The van der Waals surface area contributed by atoms with Gasteiger partial charge in [0.15, 0.2) is 0 Å². The number of nitrogens with zero attached hydrogens (tertiary/aromatic N) is 3. The molecule has 2 N–H and O–H groups in total. The van der Waals surface area contributed by atoms with Gasteiger partial charge in [0.2, 0.25) is 10.0 Å². The molecule has 0 saturated carbocycles. The zero-order valence-corrected chi connectivity index (χ0v) is 20.7. The molecular formula is C23H27N5O3S2. The number of hydrogen-bond donors (Lipinski definition) is 2. The number of nitrogens with one attached hydrogen (secondary N) is 2. The lowest BCUT2D eigenvalue weighted by atomic mass is 9.96. The average molecular weight is 486 g/mol. The Balaban J connectivity index is 1.63. The molecule has 0 radical (unpaired) electrons. The van der Waals surface area contributed by atoms with Crippen molar-refractivity contribution < 1.29 is 13.2 Å². The Bertz CT molecular complexity index is 1250. The molecule has 0 unspecified atom stereocenters. The Kier molecular flexibility index (Phi) is 6.24. The SMILES string of the molecule is CCN=C(c1ccc(NS(C)(=O)=O)cc1)N1CCc2cc(C3=NNC(=O)SC3(C)C)ccc21. The van der Waals surface area contributed by atoms with Crippen molar-refractivity contribution in [3.63, 3.8) is 0 Å². The van der Waals surface area contributed by atoms with Crippen LogP contribution in [0.4, 0.5) is 16.2 Å². The Morgan fingerprint density at radius 3 is 2.61 bits per heavy atom. The fourth-order valence-corrected chi connectivity index (χ4v) is 5.48. The highest BCUT2D eigenvalue weighted by atomic mass is 32.2. The molecule has 0 spiro atoms.